The summed E-state index contributed by atoms with van der Waals surface area (Å²) in [5.41, 5.74) is 6.34. The first kappa shape index (κ1) is 16.9. The van der Waals surface area contributed by atoms with Gasteiger partial charge in [0.25, 0.3) is 0 Å². The van der Waals surface area contributed by atoms with Crippen LogP contribution in [0.1, 0.15) is 37.8 Å². The standard InChI is InChI=1S/C15H21FN2O.ClH/c1-11-7-9-18(14(19)6-3-8-17)15(11)12-4-2-5-13(16)10-12;/h2,4-5,10-11,15H,3,6-9,17H2,1H3;1H. The van der Waals surface area contributed by atoms with Crippen LogP contribution < -0.4 is 5.73 Å². The SMILES string of the molecule is CC1CCN(C(=O)CCCN)C1c1cccc(F)c1.Cl. The summed E-state index contributed by atoms with van der Waals surface area (Å²) in [5, 5.41) is 0. The van der Waals surface area contributed by atoms with E-state index in [1.165, 1.54) is 12.1 Å². The van der Waals surface area contributed by atoms with Crippen LogP contribution in [0.3, 0.4) is 0 Å². The number of rotatable bonds is 4. The molecule has 20 heavy (non-hydrogen) atoms. The number of carbonyl (C=O) groups is 1. The molecule has 1 aliphatic rings. The molecule has 2 rings (SSSR count). The highest BCUT2D eigenvalue weighted by Crippen LogP contribution is 2.37. The molecule has 0 bridgehead atoms. The summed E-state index contributed by atoms with van der Waals surface area (Å²) in [5.74, 6) is 0.249. The van der Waals surface area contributed by atoms with Gasteiger partial charge < -0.3 is 10.6 Å². The van der Waals surface area contributed by atoms with Gasteiger partial charge >= 0.3 is 0 Å². The van der Waals surface area contributed by atoms with Crippen molar-refractivity contribution < 1.29 is 9.18 Å². The zero-order chi connectivity index (χ0) is 13.8. The second-order valence-corrected chi connectivity index (χ2v) is 5.25. The third-order valence-corrected chi connectivity index (χ3v) is 3.81. The summed E-state index contributed by atoms with van der Waals surface area (Å²) >= 11 is 0. The van der Waals surface area contributed by atoms with Gasteiger partial charge in [0, 0.05) is 13.0 Å². The lowest BCUT2D eigenvalue weighted by atomic mass is 9.95. The van der Waals surface area contributed by atoms with Gasteiger partial charge in [0.15, 0.2) is 0 Å². The molecule has 1 saturated heterocycles. The van der Waals surface area contributed by atoms with Crippen LogP contribution >= 0.6 is 12.4 Å². The molecule has 2 atom stereocenters. The maximum absolute atomic E-state index is 13.4. The lowest BCUT2D eigenvalue weighted by Crippen LogP contribution is -2.32. The highest BCUT2D eigenvalue weighted by atomic mass is 35.5. The monoisotopic (exact) mass is 300 g/mol. The van der Waals surface area contributed by atoms with Gasteiger partial charge in [0.1, 0.15) is 5.82 Å². The molecule has 0 spiro atoms. The Morgan fingerprint density at radius 1 is 1.50 bits per heavy atom. The first-order valence-corrected chi connectivity index (χ1v) is 6.88. The van der Waals surface area contributed by atoms with Crippen LogP contribution in [0.15, 0.2) is 24.3 Å². The molecule has 1 amide bonds. The zero-order valence-electron chi connectivity index (χ0n) is 11.7. The van der Waals surface area contributed by atoms with Crippen molar-refractivity contribution in [2.75, 3.05) is 13.1 Å². The third-order valence-electron chi connectivity index (χ3n) is 3.81. The van der Waals surface area contributed by atoms with Crippen molar-refractivity contribution >= 4 is 18.3 Å². The second kappa shape index (κ2) is 7.60. The molecule has 112 valence electrons. The molecule has 0 radical (unpaired) electrons. The Morgan fingerprint density at radius 3 is 2.90 bits per heavy atom. The van der Waals surface area contributed by atoms with Crippen molar-refractivity contribution in [2.45, 2.75) is 32.2 Å². The highest BCUT2D eigenvalue weighted by Gasteiger charge is 2.35. The van der Waals surface area contributed by atoms with Crippen LogP contribution in [-0.2, 0) is 4.79 Å². The van der Waals surface area contributed by atoms with E-state index in [2.05, 4.69) is 6.92 Å². The van der Waals surface area contributed by atoms with Crippen LogP contribution in [0.2, 0.25) is 0 Å². The molecular weight excluding hydrogens is 279 g/mol. The molecule has 0 saturated carbocycles. The Balaban J connectivity index is 0.00000200. The Kier molecular flexibility index (Phi) is 6.43. The normalized spacial score (nSPS) is 21.6. The fourth-order valence-electron chi connectivity index (χ4n) is 2.82. The van der Waals surface area contributed by atoms with E-state index in [1.54, 1.807) is 6.07 Å². The molecule has 1 fully saturated rings. The van der Waals surface area contributed by atoms with Crippen molar-refractivity contribution in [1.82, 2.24) is 4.90 Å². The molecule has 1 aromatic rings. The highest BCUT2D eigenvalue weighted by molar-refractivity contribution is 5.85. The van der Waals surface area contributed by atoms with Gasteiger partial charge in [-0.05, 0) is 43.0 Å². The Hall–Kier alpha value is -1.13. The Morgan fingerprint density at radius 2 is 2.25 bits per heavy atom. The zero-order valence-corrected chi connectivity index (χ0v) is 12.5. The van der Waals surface area contributed by atoms with Crippen molar-refractivity contribution in [1.29, 1.82) is 0 Å². The van der Waals surface area contributed by atoms with Gasteiger partial charge in [0.05, 0.1) is 6.04 Å². The van der Waals surface area contributed by atoms with E-state index in [-0.39, 0.29) is 30.2 Å². The Labute approximate surface area is 125 Å². The lowest BCUT2D eigenvalue weighted by molar-refractivity contribution is -0.132. The summed E-state index contributed by atoms with van der Waals surface area (Å²) in [7, 11) is 0. The number of likely N-dealkylation sites (tertiary alicyclic amines) is 1. The average molecular weight is 301 g/mol. The fraction of sp³-hybridized carbons (Fsp3) is 0.533. The number of nitrogens with two attached hydrogens (primary N) is 1. The second-order valence-electron chi connectivity index (χ2n) is 5.25. The van der Waals surface area contributed by atoms with Crippen LogP contribution in [0.5, 0.6) is 0 Å². The van der Waals surface area contributed by atoms with E-state index in [4.69, 9.17) is 5.73 Å². The predicted molar refractivity (Wildman–Crippen MR) is 80.2 cm³/mol. The largest absolute Gasteiger partial charge is 0.335 e. The van der Waals surface area contributed by atoms with Gasteiger partial charge in [-0.3, -0.25) is 4.79 Å². The molecule has 1 aromatic carbocycles. The fourth-order valence-corrected chi connectivity index (χ4v) is 2.82. The minimum Gasteiger partial charge on any atom is -0.335 e. The molecule has 0 aromatic heterocycles. The van der Waals surface area contributed by atoms with Crippen molar-refractivity contribution in [2.24, 2.45) is 11.7 Å². The van der Waals surface area contributed by atoms with Gasteiger partial charge in [-0.15, -0.1) is 12.4 Å². The van der Waals surface area contributed by atoms with Crippen LogP contribution in [-0.4, -0.2) is 23.9 Å². The summed E-state index contributed by atoms with van der Waals surface area (Å²) in [6.45, 7) is 3.40. The molecule has 3 nitrogen and oxygen atoms in total. The van der Waals surface area contributed by atoms with Crippen LogP contribution in [0.4, 0.5) is 4.39 Å². The van der Waals surface area contributed by atoms with E-state index >= 15 is 0 Å². The maximum Gasteiger partial charge on any atom is 0.223 e. The van der Waals surface area contributed by atoms with E-state index in [0.29, 0.717) is 25.3 Å². The molecule has 0 aliphatic carbocycles. The molecule has 2 N–H and O–H groups in total. The van der Waals surface area contributed by atoms with E-state index in [0.717, 1.165) is 18.5 Å². The maximum atomic E-state index is 13.4. The number of benzene rings is 1. The molecule has 1 aliphatic heterocycles. The quantitative estimate of drug-likeness (QED) is 0.929. The smallest absolute Gasteiger partial charge is 0.223 e. The van der Waals surface area contributed by atoms with Gasteiger partial charge in [-0.1, -0.05) is 19.1 Å². The minimum absolute atomic E-state index is 0. The Bertz CT molecular complexity index is 455. The van der Waals surface area contributed by atoms with Crippen LogP contribution in [0, 0.1) is 11.7 Å². The van der Waals surface area contributed by atoms with E-state index in [9.17, 15) is 9.18 Å². The number of amides is 1. The first-order valence-electron chi connectivity index (χ1n) is 6.88. The molecule has 1 heterocycles. The number of carbonyl (C=O) groups excluding carboxylic acids is 1. The average Bonchev–Trinajstić information content (AvgIpc) is 2.78. The van der Waals surface area contributed by atoms with Gasteiger partial charge in [0.2, 0.25) is 5.91 Å². The number of hydrogen-bond acceptors (Lipinski definition) is 2. The van der Waals surface area contributed by atoms with Gasteiger partial charge in [-0.25, -0.2) is 4.39 Å². The predicted octanol–water partition coefficient (Wildman–Crippen LogP) is 2.90. The number of hydrogen-bond donors (Lipinski definition) is 1. The lowest BCUT2D eigenvalue weighted by Gasteiger charge is -2.27. The summed E-state index contributed by atoms with van der Waals surface area (Å²) in [4.78, 5) is 14.1. The van der Waals surface area contributed by atoms with E-state index in [1.807, 2.05) is 11.0 Å². The van der Waals surface area contributed by atoms with Crippen LogP contribution in [0.25, 0.3) is 0 Å². The molecule has 5 heteroatoms. The van der Waals surface area contributed by atoms with Crippen molar-refractivity contribution in [3.8, 4) is 0 Å². The summed E-state index contributed by atoms with van der Waals surface area (Å²) < 4.78 is 13.4. The third kappa shape index (κ3) is 3.70. The summed E-state index contributed by atoms with van der Waals surface area (Å²) in [6.07, 6.45) is 2.16. The van der Waals surface area contributed by atoms with Gasteiger partial charge in [-0.2, -0.15) is 0 Å². The number of nitrogens with zero attached hydrogens (tertiary/aromatic N) is 1. The first-order chi connectivity index (χ1) is 9.13. The molecular formula is C15H22ClFN2O. The minimum atomic E-state index is -0.244. The van der Waals surface area contributed by atoms with Crippen molar-refractivity contribution in [3.63, 3.8) is 0 Å². The topological polar surface area (TPSA) is 46.3 Å². The number of halogens is 2. The van der Waals surface area contributed by atoms with E-state index < -0.39 is 0 Å². The molecule has 2 unspecified atom stereocenters. The van der Waals surface area contributed by atoms with Crippen molar-refractivity contribution in [3.05, 3.63) is 35.6 Å². The summed E-state index contributed by atoms with van der Waals surface area (Å²) in [6, 6.07) is 6.58.